The van der Waals surface area contributed by atoms with E-state index in [2.05, 4.69) is 43.8 Å². The van der Waals surface area contributed by atoms with Crippen molar-refractivity contribution in [3.8, 4) is 11.5 Å². The molecule has 2 aromatic heterocycles. The molecule has 184 valence electrons. The number of rotatable bonds is 4. The summed E-state index contributed by atoms with van der Waals surface area (Å²) in [5.74, 6) is 2.29. The number of hydrogen-bond acceptors (Lipinski definition) is 9. The summed E-state index contributed by atoms with van der Waals surface area (Å²) < 4.78 is 22.8. The third-order valence-corrected chi connectivity index (χ3v) is 5.90. The quantitative estimate of drug-likeness (QED) is 0.390. The highest BCUT2D eigenvalue weighted by molar-refractivity contribution is 5.88. The highest BCUT2D eigenvalue weighted by atomic mass is 16.6. The number of anilines is 4. The lowest BCUT2D eigenvalue weighted by molar-refractivity contribution is 0.0223. The van der Waals surface area contributed by atoms with E-state index >= 15 is 0 Å². The molecule has 0 bridgehead atoms. The average Bonchev–Trinajstić information content (AvgIpc) is 3.55. The average molecular weight is 487 g/mol. The van der Waals surface area contributed by atoms with Crippen LogP contribution in [0.4, 0.5) is 23.1 Å². The van der Waals surface area contributed by atoms with Crippen LogP contribution >= 0.6 is 0 Å². The van der Waals surface area contributed by atoms with Crippen LogP contribution in [-0.2, 0) is 15.9 Å². The Bertz CT molecular complexity index is 1400. The number of allylic oxidation sites excluding steroid dienone is 1. The van der Waals surface area contributed by atoms with E-state index in [1.54, 1.807) is 6.33 Å². The van der Waals surface area contributed by atoms with Gasteiger partial charge in [-0.25, -0.2) is 4.98 Å². The minimum atomic E-state index is 0.402. The number of fused-ring (bicyclic) bond motifs is 3. The Morgan fingerprint density at radius 3 is 2.56 bits per heavy atom. The first-order chi connectivity index (χ1) is 17.8. The zero-order chi connectivity index (χ0) is 24.2. The fourth-order valence-corrected chi connectivity index (χ4v) is 4.20. The molecular weight excluding hydrogens is 460 g/mol. The first-order valence-corrected chi connectivity index (χ1v) is 11.9. The third kappa shape index (κ3) is 4.81. The number of nitrogens with zero attached hydrogens (tertiary/aromatic N) is 3. The number of nitrogens with one attached hydrogen (secondary N) is 3. The molecular formula is C26H26N6O4. The number of H-pyrrole nitrogens is 1. The number of imidazole rings is 1. The number of benzene rings is 2. The summed E-state index contributed by atoms with van der Waals surface area (Å²) in [4.78, 5) is 16.8. The van der Waals surface area contributed by atoms with Gasteiger partial charge in [-0.05, 0) is 30.2 Å². The molecule has 36 heavy (non-hydrogen) atoms. The number of ether oxygens (including phenoxy) is 4. The fraction of sp³-hybridized carbons (Fsp3) is 0.269. The summed E-state index contributed by atoms with van der Waals surface area (Å²) in [6.45, 7) is 2.85. The molecule has 0 atom stereocenters. The molecule has 1 aliphatic carbocycles. The van der Waals surface area contributed by atoms with E-state index in [-0.39, 0.29) is 0 Å². The molecule has 0 fully saturated rings. The van der Waals surface area contributed by atoms with Crippen LogP contribution in [0.1, 0.15) is 11.1 Å². The van der Waals surface area contributed by atoms with Crippen molar-refractivity contribution >= 4 is 40.4 Å². The molecule has 3 heterocycles. The van der Waals surface area contributed by atoms with Crippen molar-refractivity contribution in [2.24, 2.45) is 0 Å². The van der Waals surface area contributed by atoms with Gasteiger partial charge in [-0.15, -0.1) is 0 Å². The molecule has 4 aromatic rings. The van der Waals surface area contributed by atoms with E-state index in [9.17, 15) is 0 Å². The van der Waals surface area contributed by atoms with Gasteiger partial charge in [0.15, 0.2) is 23.0 Å². The Labute approximate surface area is 207 Å². The van der Waals surface area contributed by atoms with Gasteiger partial charge in [0.2, 0.25) is 5.95 Å². The summed E-state index contributed by atoms with van der Waals surface area (Å²) in [6.07, 6.45) is 6.84. The molecule has 1 aliphatic heterocycles. The Balaban J connectivity index is 1.27. The third-order valence-electron chi connectivity index (χ3n) is 5.90. The second-order valence-electron chi connectivity index (χ2n) is 8.32. The zero-order valence-electron chi connectivity index (χ0n) is 19.6. The van der Waals surface area contributed by atoms with Gasteiger partial charge in [0.1, 0.15) is 18.7 Å². The van der Waals surface area contributed by atoms with Crippen LogP contribution in [0.5, 0.6) is 11.5 Å². The lowest BCUT2D eigenvalue weighted by Crippen LogP contribution is -2.15. The SMILES string of the molecule is C1=Cc2c(cccc2Nc2nc(Nc3ccc4c(c3)OCCOCCOCCO4)nc3nc[nH]c23)C1. The standard InChI is InChI=1S/C26H26N6O4/c1-3-17-4-2-6-20(19(17)5-1)30-25-23-24(28-16-27-23)31-26(32-25)29-18-7-8-21-22(15-18)36-14-12-34-10-9-33-11-13-35-21/h1-2,4-8,15-16H,3,9-14H2,(H3,27,28,29,30,31,32). The van der Waals surface area contributed by atoms with Gasteiger partial charge in [0, 0.05) is 23.0 Å². The minimum absolute atomic E-state index is 0.402. The van der Waals surface area contributed by atoms with Crippen LogP contribution in [0.3, 0.4) is 0 Å². The zero-order valence-corrected chi connectivity index (χ0v) is 19.6. The van der Waals surface area contributed by atoms with E-state index in [4.69, 9.17) is 23.9 Å². The maximum absolute atomic E-state index is 5.93. The normalized spacial score (nSPS) is 15.7. The Hall–Kier alpha value is -4.15. The predicted molar refractivity (Wildman–Crippen MR) is 136 cm³/mol. The topological polar surface area (TPSA) is 115 Å². The van der Waals surface area contributed by atoms with Gasteiger partial charge in [0.25, 0.3) is 0 Å². The van der Waals surface area contributed by atoms with Gasteiger partial charge >= 0.3 is 0 Å². The summed E-state index contributed by atoms with van der Waals surface area (Å²) in [5.41, 5.74) is 5.48. The number of hydrogen-bond donors (Lipinski definition) is 3. The molecule has 0 saturated heterocycles. The van der Waals surface area contributed by atoms with E-state index in [1.807, 2.05) is 30.3 Å². The van der Waals surface area contributed by atoms with Crippen LogP contribution in [0.2, 0.25) is 0 Å². The van der Waals surface area contributed by atoms with E-state index in [0.717, 1.165) is 23.3 Å². The second kappa shape index (κ2) is 10.2. The molecule has 2 aliphatic rings. The molecule has 0 spiro atoms. The summed E-state index contributed by atoms with van der Waals surface area (Å²) in [7, 11) is 0. The predicted octanol–water partition coefficient (Wildman–Crippen LogP) is 4.21. The maximum atomic E-state index is 5.93. The van der Waals surface area contributed by atoms with Gasteiger partial charge in [0.05, 0.1) is 32.8 Å². The molecule has 10 nitrogen and oxygen atoms in total. The first kappa shape index (κ1) is 22.3. The second-order valence-corrected chi connectivity index (χ2v) is 8.32. The smallest absolute Gasteiger partial charge is 0.231 e. The molecule has 2 aromatic carbocycles. The maximum Gasteiger partial charge on any atom is 0.231 e. The van der Waals surface area contributed by atoms with Crippen LogP contribution in [0.15, 0.2) is 48.8 Å². The van der Waals surface area contributed by atoms with Crippen molar-refractivity contribution in [2.75, 3.05) is 50.3 Å². The van der Waals surface area contributed by atoms with E-state index in [0.29, 0.717) is 68.6 Å². The van der Waals surface area contributed by atoms with Crippen LogP contribution in [0, 0.1) is 0 Å². The lowest BCUT2D eigenvalue weighted by Gasteiger charge is -2.16. The minimum Gasteiger partial charge on any atom is -0.487 e. The van der Waals surface area contributed by atoms with Crippen molar-refractivity contribution < 1.29 is 18.9 Å². The van der Waals surface area contributed by atoms with Crippen molar-refractivity contribution in [1.29, 1.82) is 0 Å². The molecule has 0 unspecified atom stereocenters. The van der Waals surface area contributed by atoms with Gasteiger partial charge < -0.3 is 34.6 Å². The van der Waals surface area contributed by atoms with E-state index < -0.39 is 0 Å². The highest BCUT2D eigenvalue weighted by Crippen LogP contribution is 2.33. The van der Waals surface area contributed by atoms with Crippen molar-refractivity contribution in [3.05, 3.63) is 59.9 Å². The van der Waals surface area contributed by atoms with Crippen molar-refractivity contribution in [2.45, 2.75) is 6.42 Å². The molecule has 10 heteroatoms. The lowest BCUT2D eigenvalue weighted by atomic mass is 10.1. The Kier molecular flexibility index (Phi) is 6.34. The molecule has 0 radical (unpaired) electrons. The van der Waals surface area contributed by atoms with Crippen LogP contribution < -0.4 is 20.1 Å². The molecule has 0 saturated carbocycles. The van der Waals surface area contributed by atoms with Crippen molar-refractivity contribution in [3.63, 3.8) is 0 Å². The van der Waals surface area contributed by atoms with Gasteiger partial charge in [-0.1, -0.05) is 24.3 Å². The molecule has 6 rings (SSSR count). The summed E-state index contributed by atoms with van der Waals surface area (Å²) >= 11 is 0. The largest absolute Gasteiger partial charge is 0.487 e. The number of aromatic amines is 1. The first-order valence-electron chi connectivity index (χ1n) is 11.9. The molecule has 0 amide bonds. The van der Waals surface area contributed by atoms with Gasteiger partial charge in [-0.3, -0.25) is 0 Å². The highest BCUT2D eigenvalue weighted by Gasteiger charge is 2.15. The summed E-state index contributed by atoms with van der Waals surface area (Å²) in [6, 6.07) is 11.8. The van der Waals surface area contributed by atoms with Crippen LogP contribution in [-0.4, -0.2) is 59.6 Å². The molecule has 3 N–H and O–H groups in total. The van der Waals surface area contributed by atoms with Crippen LogP contribution in [0.25, 0.3) is 17.2 Å². The Morgan fingerprint density at radius 2 is 1.67 bits per heavy atom. The summed E-state index contributed by atoms with van der Waals surface area (Å²) in [5, 5.41) is 6.74. The number of aromatic nitrogens is 4. The van der Waals surface area contributed by atoms with E-state index in [1.165, 1.54) is 11.1 Å². The fourth-order valence-electron chi connectivity index (χ4n) is 4.20. The monoisotopic (exact) mass is 486 g/mol. The van der Waals surface area contributed by atoms with Crippen molar-refractivity contribution in [1.82, 2.24) is 19.9 Å². The van der Waals surface area contributed by atoms with Gasteiger partial charge in [-0.2, -0.15) is 9.97 Å². The Morgan fingerprint density at radius 1 is 0.833 bits per heavy atom.